The van der Waals surface area contributed by atoms with Gasteiger partial charge in [-0.1, -0.05) is 11.2 Å². The first-order chi connectivity index (χ1) is 9.79. The fourth-order valence-corrected chi connectivity index (χ4v) is 5.05. The summed E-state index contributed by atoms with van der Waals surface area (Å²) in [6.45, 7) is 1.27. The minimum absolute atomic E-state index is 0. The Balaban J connectivity index is 0.00000176. The topological polar surface area (TPSA) is 121 Å². The summed E-state index contributed by atoms with van der Waals surface area (Å²) < 4.78 is 28.1. The number of hydrogen-bond donors (Lipinski definition) is 0. The number of carbonyl (C=O) groups excluding carboxylic acids is 2. The van der Waals surface area contributed by atoms with E-state index in [-0.39, 0.29) is 41.7 Å². The van der Waals surface area contributed by atoms with Crippen molar-refractivity contribution < 1.29 is 57.2 Å². The molecule has 1 amide bonds. The number of carboxylic acid groups (broad SMARTS) is 1. The second kappa shape index (κ2) is 5.48. The number of carbonyl (C=O) groups is 2. The van der Waals surface area contributed by atoms with Crippen LogP contribution >= 0.6 is 0 Å². The number of aliphatic carboxylic acids is 1. The second-order valence-electron chi connectivity index (χ2n) is 5.16. The third-order valence-electron chi connectivity index (χ3n) is 4.00. The van der Waals surface area contributed by atoms with E-state index < -0.39 is 37.9 Å². The molecule has 1 aromatic heterocycles. The molecule has 2 saturated heterocycles. The second-order valence-corrected chi connectivity index (χ2v) is 7.67. The molecule has 8 nitrogen and oxygen atoms in total. The normalized spacial score (nSPS) is 32.4. The van der Waals surface area contributed by atoms with Gasteiger partial charge in [-0.25, -0.2) is 8.42 Å². The zero-order chi connectivity index (χ0) is 15.4. The van der Waals surface area contributed by atoms with Gasteiger partial charge in [0.2, 0.25) is 5.91 Å². The van der Waals surface area contributed by atoms with Crippen molar-refractivity contribution in [3.63, 3.8) is 0 Å². The molecule has 0 bridgehead atoms. The minimum Gasteiger partial charge on any atom is -0.548 e. The van der Waals surface area contributed by atoms with Gasteiger partial charge in [0, 0.05) is 6.07 Å². The van der Waals surface area contributed by atoms with Gasteiger partial charge in [0.05, 0.1) is 24.6 Å². The van der Waals surface area contributed by atoms with E-state index in [4.69, 9.17) is 4.52 Å². The van der Waals surface area contributed by atoms with Crippen molar-refractivity contribution >= 4 is 27.8 Å². The summed E-state index contributed by atoms with van der Waals surface area (Å²) >= 11 is 0. The van der Waals surface area contributed by atoms with Gasteiger partial charge in [0.25, 0.3) is 0 Å². The molecule has 3 heterocycles. The molecular weight excluding hydrogens is 323 g/mol. The van der Waals surface area contributed by atoms with Crippen molar-refractivity contribution in [2.24, 2.45) is 0 Å². The zero-order valence-corrected chi connectivity index (χ0v) is 14.7. The molecule has 3 rings (SSSR count). The van der Waals surface area contributed by atoms with Crippen LogP contribution in [0.1, 0.15) is 19.1 Å². The molecule has 22 heavy (non-hydrogen) atoms. The van der Waals surface area contributed by atoms with Crippen molar-refractivity contribution in [1.29, 1.82) is 0 Å². The van der Waals surface area contributed by atoms with E-state index in [2.05, 4.69) is 5.16 Å². The van der Waals surface area contributed by atoms with Crippen LogP contribution in [0.25, 0.3) is 6.08 Å². The van der Waals surface area contributed by atoms with Gasteiger partial charge in [0.1, 0.15) is 10.1 Å². The maximum absolute atomic E-state index is 12.5. The van der Waals surface area contributed by atoms with Crippen LogP contribution in [-0.2, 0) is 19.4 Å². The van der Waals surface area contributed by atoms with E-state index in [9.17, 15) is 23.1 Å². The van der Waals surface area contributed by atoms with Crippen LogP contribution in [0.5, 0.6) is 0 Å². The van der Waals surface area contributed by atoms with Gasteiger partial charge in [-0.2, -0.15) is 0 Å². The van der Waals surface area contributed by atoms with Crippen molar-refractivity contribution in [3.8, 4) is 0 Å². The van der Waals surface area contributed by atoms with E-state index in [1.165, 1.54) is 31.3 Å². The third kappa shape index (κ3) is 2.15. The molecule has 2 aliphatic rings. The van der Waals surface area contributed by atoms with E-state index in [0.29, 0.717) is 0 Å². The average Bonchev–Trinajstić information content (AvgIpc) is 2.95. The van der Waals surface area contributed by atoms with Gasteiger partial charge in [0.15, 0.2) is 15.6 Å². The molecule has 0 spiro atoms. The molecule has 2 fully saturated rings. The molecule has 0 aromatic carbocycles. The van der Waals surface area contributed by atoms with Crippen molar-refractivity contribution in [3.05, 3.63) is 24.1 Å². The maximum Gasteiger partial charge on any atom is 1.00 e. The van der Waals surface area contributed by atoms with Gasteiger partial charge in [-0.05, 0) is 13.0 Å². The van der Waals surface area contributed by atoms with Crippen LogP contribution < -0.4 is 34.7 Å². The Morgan fingerprint density at radius 3 is 2.77 bits per heavy atom. The number of β-lactam (4-membered cyclic amide) rings is 1. The number of carboxylic acids is 1. The van der Waals surface area contributed by atoms with Crippen LogP contribution in [0.4, 0.5) is 0 Å². The molecule has 0 N–H and O–H groups in total. The number of rotatable bonds is 3. The Morgan fingerprint density at radius 1 is 1.59 bits per heavy atom. The Morgan fingerprint density at radius 2 is 2.27 bits per heavy atom. The number of fused-ring (bicyclic) bond motifs is 1. The van der Waals surface area contributed by atoms with Gasteiger partial charge >= 0.3 is 29.6 Å². The molecule has 10 heteroatoms. The van der Waals surface area contributed by atoms with Gasteiger partial charge < -0.3 is 19.3 Å². The standard InChI is InChI=1S/C12H12N2O6S.Na/c1-12(4-2-7-3-5-13-20-7)10(11(16)17)14-8(15)6-9(14)21(12,18)19;/h2-5,9-10H,6H2,1H3,(H,16,17);/q;+1/p-1/b4-2-;/t9-,10+,12+;/m1./s1. The molecule has 0 radical (unpaired) electrons. The Hall–Kier alpha value is -1.16. The summed E-state index contributed by atoms with van der Waals surface area (Å²) in [6.07, 6.45) is 3.72. The largest absolute Gasteiger partial charge is 1.00 e. The molecule has 2 aliphatic heterocycles. The first kappa shape index (κ1) is 17.2. The molecule has 0 saturated carbocycles. The van der Waals surface area contributed by atoms with Crippen LogP contribution in [0, 0.1) is 0 Å². The Kier molecular flexibility index (Phi) is 4.29. The fourth-order valence-electron chi connectivity index (χ4n) is 2.79. The summed E-state index contributed by atoms with van der Waals surface area (Å²) in [4.78, 5) is 23.8. The minimum atomic E-state index is -3.87. The Bertz CT molecular complexity index is 744. The smallest absolute Gasteiger partial charge is 0.548 e. The van der Waals surface area contributed by atoms with E-state index in [1.54, 1.807) is 0 Å². The van der Waals surface area contributed by atoms with Gasteiger partial charge in [-0.15, -0.1) is 0 Å². The number of hydrogen-bond acceptors (Lipinski definition) is 7. The number of nitrogens with zero attached hydrogens (tertiary/aromatic N) is 2. The van der Waals surface area contributed by atoms with Crippen molar-refractivity contribution in [1.82, 2.24) is 10.1 Å². The fraction of sp³-hybridized carbons (Fsp3) is 0.417. The SMILES string of the molecule is C[C@]1(/C=C\c2ccno2)[C@H](C(=O)[O-])N2C(=O)C[C@H]2S1(=O)=O.[Na+]. The van der Waals surface area contributed by atoms with E-state index in [0.717, 1.165) is 4.90 Å². The maximum atomic E-state index is 12.5. The summed E-state index contributed by atoms with van der Waals surface area (Å²) in [7, 11) is -3.87. The summed E-state index contributed by atoms with van der Waals surface area (Å²) in [6, 6.07) is -0.0527. The van der Waals surface area contributed by atoms with Crippen LogP contribution in [0.15, 0.2) is 22.9 Å². The molecule has 0 aliphatic carbocycles. The van der Waals surface area contributed by atoms with Crippen LogP contribution in [0.3, 0.4) is 0 Å². The number of aromatic nitrogens is 1. The van der Waals surface area contributed by atoms with E-state index in [1.807, 2.05) is 0 Å². The number of sulfone groups is 1. The predicted octanol–water partition coefficient (Wildman–Crippen LogP) is -4.44. The zero-order valence-electron chi connectivity index (χ0n) is 11.9. The van der Waals surface area contributed by atoms with E-state index >= 15 is 0 Å². The van der Waals surface area contributed by atoms with Crippen LogP contribution in [-0.4, -0.2) is 46.5 Å². The summed E-state index contributed by atoms with van der Waals surface area (Å²) in [5.41, 5.74) is 0. The first-order valence-corrected chi connectivity index (χ1v) is 7.69. The predicted molar refractivity (Wildman–Crippen MR) is 66.9 cm³/mol. The van der Waals surface area contributed by atoms with Crippen molar-refractivity contribution in [2.45, 2.75) is 29.5 Å². The van der Waals surface area contributed by atoms with Gasteiger partial charge in [-0.3, -0.25) is 4.79 Å². The molecule has 3 atom stereocenters. The first-order valence-electron chi connectivity index (χ1n) is 6.14. The molecular formula is C12H11N2NaO6S. The number of amides is 1. The van der Waals surface area contributed by atoms with Crippen molar-refractivity contribution in [2.75, 3.05) is 0 Å². The summed E-state index contributed by atoms with van der Waals surface area (Å²) in [5, 5.41) is 13.7. The molecule has 0 unspecified atom stereocenters. The quantitative estimate of drug-likeness (QED) is 0.404. The van der Waals surface area contributed by atoms with Crippen LogP contribution in [0.2, 0.25) is 0 Å². The Labute approximate surface area is 148 Å². The third-order valence-corrected chi connectivity index (χ3v) is 6.70. The summed E-state index contributed by atoms with van der Waals surface area (Å²) in [5.74, 6) is -1.82. The molecule has 112 valence electrons. The molecule has 1 aromatic rings. The monoisotopic (exact) mass is 334 g/mol. The average molecular weight is 334 g/mol.